The van der Waals surface area contributed by atoms with Gasteiger partial charge in [-0.3, -0.25) is 0 Å². The third-order valence-corrected chi connectivity index (χ3v) is 8.63. The lowest BCUT2D eigenvalue weighted by Gasteiger charge is -2.69. The van der Waals surface area contributed by atoms with Crippen LogP contribution in [-0.2, 0) is 9.53 Å². The van der Waals surface area contributed by atoms with E-state index in [2.05, 4.69) is 32.9 Å². The summed E-state index contributed by atoms with van der Waals surface area (Å²) in [6.07, 6.45) is 12.2. The van der Waals surface area contributed by atoms with Crippen molar-refractivity contribution in [2.24, 2.45) is 34.0 Å². The van der Waals surface area contributed by atoms with E-state index in [1.165, 1.54) is 32.8 Å². The Kier molecular flexibility index (Phi) is 3.37. The van der Waals surface area contributed by atoms with Crippen LogP contribution >= 0.6 is 0 Å². The van der Waals surface area contributed by atoms with Crippen molar-refractivity contribution in [3.05, 3.63) is 12.2 Å². The molecule has 4 aliphatic rings. The standard InChI is InChI=1S/C21H32O3/c1-18(2)9-5-10-19(3)14(18)6-11-20-12-7-16(20)21(23,17(22)24-4)13-8-15(19)20/h7,12,14-16,23H,5-6,8-11,13H2,1-4H3/t14-,15+,16-,19-,20-,21+/m0/s1. The topological polar surface area (TPSA) is 46.5 Å². The minimum Gasteiger partial charge on any atom is -0.467 e. The first-order valence-corrected chi connectivity index (χ1v) is 9.71. The second-order valence-electron chi connectivity index (χ2n) is 9.90. The summed E-state index contributed by atoms with van der Waals surface area (Å²) in [5.74, 6) is 0.849. The number of esters is 1. The number of carbonyl (C=O) groups excluding carboxylic acids is 1. The van der Waals surface area contributed by atoms with Crippen LogP contribution in [0.15, 0.2) is 12.2 Å². The molecule has 1 spiro atoms. The van der Waals surface area contributed by atoms with Crippen LogP contribution < -0.4 is 0 Å². The summed E-state index contributed by atoms with van der Waals surface area (Å²) in [5.41, 5.74) is -0.554. The summed E-state index contributed by atoms with van der Waals surface area (Å²) in [4.78, 5) is 12.3. The van der Waals surface area contributed by atoms with E-state index in [1.54, 1.807) is 0 Å². The molecule has 0 saturated heterocycles. The summed E-state index contributed by atoms with van der Waals surface area (Å²) in [5, 5.41) is 11.1. The van der Waals surface area contributed by atoms with E-state index < -0.39 is 11.6 Å². The minimum absolute atomic E-state index is 0.0137. The Bertz CT molecular complexity index is 594. The first-order chi connectivity index (χ1) is 11.2. The van der Waals surface area contributed by atoms with E-state index in [1.807, 2.05) is 0 Å². The van der Waals surface area contributed by atoms with Crippen molar-refractivity contribution in [1.29, 1.82) is 0 Å². The molecule has 0 aromatic carbocycles. The van der Waals surface area contributed by atoms with Crippen LogP contribution in [0.1, 0.15) is 65.7 Å². The molecule has 4 aliphatic carbocycles. The van der Waals surface area contributed by atoms with Crippen LogP contribution in [0.5, 0.6) is 0 Å². The summed E-state index contributed by atoms with van der Waals surface area (Å²) in [6.45, 7) is 7.42. The zero-order valence-corrected chi connectivity index (χ0v) is 15.6. The quantitative estimate of drug-likeness (QED) is 0.581. The summed E-state index contributed by atoms with van der Waals surface area (Å²) >= 11 is 0. The number of hydrogen-bond donors (Lipinski definition) is 1. The number of methoxy groups -OCH3 is 1. The summed E-state index contributed by atoms with van der Waals surface area (Å²) < 4.78 is 4.96. The van der Waals surface area contributed by atoms with Gasteiger partial charge in [-0.1, -0.05) is 39.3 Å². The van der Waals surface area contributed by atoms with Gasteiger partial charge >= 0.3 is 5.97 Å². The molecule has 1 N–H and O–H groups in total. The minimum atomic E-state index is -1.31. The predicted octanol–water partition coefficient (Wildman–Crippen LogP) is 4.10. The highest BCUT2D eigenvalue weighted by molar-refractivity contribution is 5.81. The Morgan fingerprint density at radius 1 is 1.08 bits per heavy atom. The molecule has 3 heteroatoms. The fraction of sp³-hybridized carbons (Fsp3) is 0.857. The maximum absolute atomic E-state index is 12.3. The van der Waals surface area contributed by atoms with Gasteiger partial charge in [0.15, 0.2) is 5.60 Å². The lowest BCUT2D eigenvalue weighted by Crippen LogP contribution is -2.67. The van der Waals surface area contributed by atoms with Crippen LogP contribution in [0.4, 0.5) is 0 Å². The zero-order valence-electron chi connectivity index (χ0n) is 15.6. The Morgan fingerprint density at radius 2 is 1.79 bits per heavy atom. The molecule has 0 aliphatic heterocycles. The van der Waals surface area contributed by atoms with Crippen LogP contribution in [0.3, 0.4) is 0 Å². The number of hydrogen-bond acceptors (Lipinski definition) is 3. The first-order valence-electron chi connectivity index (χ1n) is 9.71. The summed E-state index contributed by atoms with van der Waals surface area (Å²) in [7, 11) is 1.39. The Labute approximate surface area is 145 Å². The monoisotopic (exact) mass is 332 g/mol. The van der Waals surface area contributed by atoms with Crippen LogP contribution in [0.25, 0.3) is 0 Å². The van der Waals surface area contributed by atoms with Crippen molar-refractivity contribution < 1.29 is 14.6 Å². The maximum atomic E-state index is 12.3. The van der Waals surface area contributed by atoms with Gasteiger partial charge in [-0.05, 0) is 61.2 Å². The van der Waals surface area contributed by atoms with Crippen LogP contribution in [0, 0.1) is 34.0 Å². The largest absolute Gasteiger partial charge is 0.467 e. The highest BCUT2D eigenvalue weighted by Crippen LogP contribution is 2.72. The van der Waals surface area contributed by atoms with Gasteiger partial charge in [0, 0.05) is 11.3 Å². The lowest BCUT2D eigenvalue weighted by molar-refractivity contribution is -0.215. The molecule has 4 rings (SSSR count). The average molecular weight is 332 g/mol. The first kappa shape index (κ1) is 16.6. The van der Waals surface area contributed by atoms with Crippen LogP contribution in [-0.4, -0.2) is 23.8 Å². The fourth-order valence-electron chi connectivity index (χ4n) is 7.63. The number of allylic oxidation sites excluding steroid dienone is 1. The molecule has 0 unspecified atom stereocenters. The Morgan fingerprint density at radius 3 is 2.42 bits per heavy atom. The SMILES string of the molecule is COC(=O)[C@@]1(O)CC[C@@H]2[C@@]3(C)CCCC(C)(C)[C@@H]3CC[C@]23C=C[C@@H]31. The van der Waals surface area contributed by atoms with E-state index >= 15 is 0 Å². The maximum Gasteiger partial charge on any atom is 0.338 e. The fourth-order valence-corrected chi connectivity index (χ4v) is 7.63. The van der Waals surface area contributed by atoms with Crippen LogP contribution in [0.2, 0.25) is 0 Å². The summed E-state index contributed by atoms with van der Waals surface area (Å²) in [6, 6.07) is 0. The molecule has 3 fully saturated rings. The highest BCUT2D eigenvalue weighted by Gasteiger charge is 2.69. The van der Waals surface area contributed by atoms with Gasteiger partial charge in [-0.2, -0.15) is 0 Å². The predicted molar refractivity (Wildman–Crippen MR) is 93.2 cm³/mol. The molecular weight excluding hydrogens is 300 g/mol. The zero-order chi connectivity index (χ0) is 17.4. The molecule has 0 heterocycles. The molecular formula is C21H32O3. The molecule has 0 aromatic rings. The Balaban J connectivity index is 1.73. The van der Waals surface area contributed by atoms with E-state index in [0.29, 0.717) is 23.2 Å². The molecule has 0 aromatic heterocycles. The Hall–Kier alpha value is -0.830. The van der Waals surface area contributed by atoms with E-state index in [-0.39, 0.29) is 11.3 Å². The number of fused-ring (bicyclic) bond motifs is 2. The van der Waals surface area contributed by atoms with E-state index in [4.69, 9.17) is 4.74 Å². The third-order valence-electron chi connectivity index (χ3n) is 8.63. The third kappa shape index (κ3) is 1.80. The van der Waals surface area contributed by atoms with Gasteiger partial charge in [0.1, 0.15) is 0 Å². The number of aliphatic hydroxyl groups is 1. The van der Waals surface area contributed by atoms with Crippen molar-refractivity contribution in [3.8, 4) is 0 Å². The van der Waals surface area contributed by atoms with Gasteiger partial charge in [0.2, 0.25) is 0 Å². The van der Waals surface area contributed by atoms with Gasteiger partial charge < -0.3 is 9.84 Å². The second kappa shape index (κ2) is 4.87. The molecule has 0 bridgehead atoms. The van der Waals surface area contributed by atoms with Crippen molar-refractivity contribution in [2.75, 3.05) is 7.11 Å². The molecule has 134 valence electrons. The average Bonchev–Trinajstić information content (AvgIpc) is 2.49. The van der Waals surface area contributed by atoms with Crippen molar-refractivity contribution in [2.45, 2.75) is 71.3 Å². The molecule has 6 atom stereocenters. The molecule has 24 heavy (non-hydrogen) atoms. The van der Waals surface area contributed by atoms with Gasteiger partial charge in [-0.15, -0.1) is 0 Å². The van der Waals surface area contributed by atoms with Gasteiger partial charge in [0.05, 0.1) is 7.11 Å². The van der Waals surface area contributed by atoms with Gasteiger partial charge in [-0.25, -0.2) is 4.79 Å². The molecule has 0 amide bonds. The van der Waals surface area contributed by atoms with Crippen molar-refractivity contribution >= 4 is 5.97 Å². The van der Waals surface area contributed by atoms with E-state index in [0.717, 1.165) is 18.8 Å². The lowest BCUT2D eigenvalue weighted by atomic mass is 9.35. The molecule has 0 radical (unpaired) electrons. The number of carbonyl (C=O) groups is 1. The highest BCUT2D eigenvalue weighted by atomic mass is 16.5. The smallest absolute Gasteiger partial charge is 0.338 e. The normalized spacial score (nSPS) is 51.6. The second-order valence-corrected chi connectivity index (χ2v) is 9.90. The number of rotatable bonds is 1. The van der Waals surface area contributed by atoms with Gasteiger partial charge in [0.25, 0.3) is 0 Å². The van der Waals surface area contributed by atoms with Crippen molar-refractivity contribution in [1.82, 2.24) is 0 Å². The van der Waals surface area contributed by atoms with E-state index in [9.17, 15) is 9.90 Å². The number of ether oxygens (including phenoxy) is 1. The molecule has 3 nitrogen and oxygen atoms in total. The molecule has 3 saturated carbocycles. The van der Waals surface area contributed by atoms with Crippen molar-refractivity contribution in [3.63, 3.8) is 0 Å².